The third-order valence-electron chi connectivity index (χ3n) is 4.75. The minimum Gasteiger partial charge on any atom is -0.361 e. The van der Waals surface area contributed by atoms with Crippen molar-refractivity contribution < 1.29 is 4.39 Å². The van der Waals surface area contributed by atoms with E-state index in [1.165, 1.54) is 17.5 Å². The molecule has 0 aliphatic rings. The molecule has 0 aliphatic carbocycles. The van der Waals surface area contributed by atoms with E-state index in [-0.39, 0.29) is 29.8 Å². The number of nitrogens with zero attached hydrogens (tertiary/aromatic N) is 1. The molecule has 2 aromatic carbocycles. The smallest absolute Gasteiger partial charge is 0.191 e. The van der Waals surface area contributed by atoms with E-state index >= 15 is 0 Å². The van der Waals surface area contributed by atoms with Crippen molar-refractivity contribution in [2.24, 2.45) is 4.99 Å². The van der Waals surface area contributed by atoms with E-state index in [0.717, 1.165) is 53.1 Å². The number of fused-ring (bicyclic) bond motifs is 2. The monoisotopic (exact) mass is 505 g/mol. The molecule has 4 rings (SSSR count). The van der Waals surface area contributed by atoms with Gasteiger partial charge in [-0.3, -0.25) is 0 Å². The molecule has 0 atom stereocenters. The van der Waals surface area contributed by atoms with Gasteiger partial charge in [0.1, 0.15) is 5.82 Å². The molecule has 5 nitrogen and oxygen atoms in total. The first-order valence-corrected chi connectivity index (χ1v) is 9.57. The fraction of sp³-hybridized carbons (Fsp3) is 0.227. The molecule has 4 aromatic rings. The van der Waals surface area contributed by atoms with E-state index in [2.05, 4.69) is 43.8 Å². The van der Waals surface area contributed by atoms with E-state index in [9.17, 15) is 4.39 Å². The largest absolute Gasteiger partial charge is 0.361 e. The number of benzene rings is 2. The number of H-pyrrole nitrogens is 2. The van der Waals surface area contributed by atoms with Gasteiger partial charge in [-0.15, -0.1) is 24.0 Å². The molecule has 29 heavy (non-hydrogen) atoms. The Labute approximate surface area is 186 Å². The van der Waals surface area contributed by atoms with Gasteiger partial charge in [-0.2, -0.15) is 0 Å². The topological polar surface area (TPSA) is 68.0 Å². The number of rotatable bonds is 6. The van der Waals surface area contributed by atoms with Crippen LogP contribution in [0, 0.1) is 5.82 Å². The van der Waals surface area contributed by atoms with Crippen LogP contribution in [0.4, 0.5) is 4.39 Å². The maximum absolute atomic E-state index is 13.3. The molecule has 0 bridgehead atoms. The fourth-order valence-corrected chi connectivity index (χ4v) is 3.41. The Bertz CT molecular complexity index is 1080. The fourth-order valence-electron chi connectivity index (χ4n) is 3.41. The number of guanidine groups is 1. The summed E-state index contributed by atoms with van der Waals surface area (Å²) in [6.45, 7) is 4.17. The highest BCUT2D eigenvalue weighted by atomic mass is 127. The third kappa shape index (κ3) is 5.09. The Morgan fingerprint density at radius 2 is 1.93 bits per heavy atom. The summed E-state index contributed by atoms with van der Waals surface area (Å²) in [7, 11) is 0. The number of nitrogens with one attached hydrogen (secondary N) is 4. The average Bonchev–Trinajstić information content (AvgIpc) is 3.29. The van der Waals surface area contributed by atoms with E-state index in [4.69, 9.17) is 0 Å². The standard InChI is InChI=1S/C22H24FN5.HI/c1-2-24-22(27-14-18-11-15-5-3-4-6-20(15)28-18)25-10-9-16-13-26-21-12-17(23)7-8-19(16)21;/h3-8,11-13,26,28H,2,9-10,14H2,1H3,(H2,24,25,27);1H. The van der Waals surface area contributed by atoms with Gasteiger partial charge in [-0.1, -0.05) is 18.2 Å². The summed E-state index contributed by atoms with van der Waals surface area (Å²) in [5.74, 6) is 0.560. The number of aromatic amines is 2. The van der Waals surface area contributed by atoms with Crippen LogP contribution >= 0.6 is 24.0 Å². The lowest BCUT2D eigenvalue weighted by atomic mass is 10.1. The van der Waals surface area contributed by atoms with Crippen molar-refractivity contribution >= 4 is 51.7 Å². The van der Waals surface area contributed by atoms with Gasteiger partial charge in [0.25, 0.3) is 0 Å². The van der Waals surface area contributed by atoms with Crippen LogP contribution in [0.2, 0.25) is 0 Å². The van der Waals surface area contributed by atoms with Crippen molar-refractivity contribution in [3.8, 4) is 0 Å². The highest BCUT2D eigenvalue weighted by Crippen LogP contribution is 2.19. The van der Waals surface area contributed by atoms with Gasteiger partial charge < -0.3 is 20.6 Å². The molecule has 0 saturated heterocycles. The molecular weight excluding hydrogens is 480 g/mol. The summed E-state index contributed by atoms with van der Waals surface area (Å²) in [6.07, 6.45) is 2.77. The first kappa shape index (κ1) is 21.2. The summed E-state index contributed by atoms with van der Waals surface area (Å²) in [5, 5.41) is 8.91. The summed E-state index contributed by atoms with van der Waals surface area (Å²) in [5.41, 5.74) is 4.20. The van der Waals surface area contributed by atoms with Gasteiger partial charge >= 0.3 is 0 Å². The van der Waals surface area contributed by atoms with E-state index in [0.29, 0.717) is 6.54 Å². The number of hydrogen-bond acceptors (Lipinski definition) is 1. The Morgan fingerprint density at radius 3 is 2.76 bits per heavy atom. The lowest BCUT2D eigenvalue weighted by Crippen LogP contribution is -2.38. The molecule has 152 valence electrons. The van der Waals surface area contributed by atoms with E-state index in [1.54, 1.807) is 0 Å². The zero-order valence-electron chi connectivity index (χ0n) is 16.3. The van der Waals surface area contributed by atoms with Gasteiger partial charge in [0.15, 0.2) is 5.96 Å². The van der Waals surface area contributed by atoms with Crippen LogP contribution in [0.1, 0.15) is 18.2 Å². The molecule has 0 unspecified atom stereocenters. The summed E-state index contributed by atoms with van der Waals surface area (Å²) >= 11 is 0. The number of para-hydroxylation sites is 1. The minimum absolute atomic E-state index is 0. The van der Waals surface area contributed by atoms with Crippen LogP contribution in [0.25, 0.3) is 21.8 Å². The Hall–Kier alpha value is -2.55. The van der Waals surface area contributed by atoms with E-state index < -0.39 is 0 Å². The second kappa shape index (κ2) is 9.78. The zero-order chi connectivity index (χ0) is 19.3. The predicted octanol–water partition coefficient (Wildman–Crippen LogP) is 4.70. The molecule has 0 saturated carbocycles. The number of aromatic nitrogens is 2. The van der Waals surface area contributed by atoms with Crippen molar-refractivity contribution in [1.29, 1.82) is 0 Å². The van der Waals surface area contributed by atoms with Gasteiger partial charge in [0, 0.05) is 41.4 Å². The van der Waals surface area contributed by atoms with E-state index in [1.807, 2.05) is 31.3 Å². The van der Waals surface area contributed by atoms with Crippen LogP contribution in [0.5, 0.6) is 0 Å². The second-order valence-corrected chi connectivity index (χ2v) is 6.76. The van der Waals surface area contributed by atoms with Crippen molar-refractivity contribution in [2.45, 2.75) is 19.9 Å². The maximum Gasteiger partial charge on any atom is 0.191 e. The first-order chi connectivity index (χ1) is 13.7. The van der Waals surface area contributed by atoms with Gasteiger partial charge in [-0.05, 0) is 54.6 Å². The van der Waals surface area contributed by atoms with Crippen LogP contribution in [-0.4, -0.2) is 29.0 Å². The lowest BCUT2D eigenvalue weighted by molar-refractivity contribution is 0.629. The third-order valence-corrected chi connectivity index (χ3v) is 4.75. The molecule has 0 radical (unpaired) electrons. The van der Waals surface area contributed by atoms with Crippen molar-refractivity contribution in [3.05, 3.63) is 71.8 Å². The Morgan fingerprint density at radius 1 is 1.07 bits per heavy atom. The molecule has 4 N–H and O–H groups in total. The average molecular weight is 505 g/mol. The SMILES string of the molecule is CCNC(=NCc1cc2ccccc2[nH]1)NCCc1c[nH]c2cc(F)ccc12.I. The molecule has 2 heterocycles. The minimum atomic E-state index is -0.224. The van der Waals surface area contributed by atoms with Crippen molar-refractivity contribution in [3.63, 3.8) is 0 Å². The van der Waals surface area contributed by atoms with Gasteiger partial charge in [0.2, 0.25) is 0 Å². The second-order valence-electron chi connectivity index (χ2n) is 6.76. The lowest BCUT2D eigenvalue weighted by Gasteiger charge is -2.10. The molecule has 0 aliphatic heterocycles. The van der Waals surface area contributed by atoms with Crippen molar-refractivity contribution in [2.75, 3.05) is 13.1 Å². The summed E-state index contributed by atoms with van der Waals surface area (Å²) in [6, 6.07) is 15.2. The highest BCUT2D eigenvalue weighted by molar-refractivity contribution is 14.0. The predicted molar refractivity (Wildman–Crippen MR) is 128 cm³/mol. The summed E-state index contributed by atoms with van der Waals surface area (Å²) in [4.78, 5) is 11.2. The molecule has 0 fully saturated rings. The number of hydrogen-bond donors (Lipinski definition) is 4. The Balaban J connectivity index is 0.00000240. The van der Waals surface area contributed by atoms with Gasteiger partial charge in [-0.25, -0.2) is 9.38 Å². The first-order valence-electron chi connectivity index (χ1n) is 9.57. The molecular formula is C22H25FIN5. The molecule has 0 amide bonds. The number of halogens is 2. The summed E-state index contributed by atoms with van der Waals surface area (Å²) < 4.78 is 13.3. The van der Waals surface area contributed by atoms with Gasteiger partial charge in [0.05, 0.1) is 6.54 Å². The Kier molecular flexibility index (Phi) is 7.13. The maximum atomic E-state index is 13.3. The quantitative estimate of drug-likeness (QED) is 0.174. The van der Waals surface area contributed by atoms with Crippen LogP contribution in [0.3, 0.4) is 0 Å². The molecule has 2 aromatic heterocycles. The number of aliphatic imine (C=N–C) groups is 1. The normalized spacial score (nSPS) is 11.6. The zero-order valence-corrected chi connectivity index (χ0v) is 18.6. The van der Waals surface area contributed by atoms with Crippen LogP contribution < -0.4 is 10.6 Å². The molecule has 7 heteroatoms. The van der Waals surface area contributed by atoms with Crippen LogP contribution in [-0.2, 0) is 13.0 Å². The van der Waals surface area contributed by atoms with Crippen LogP contribution in [0.15, 0.2) is 59.7 Å². The van der Waals surface area contributed by atoms with Crippen molar-refractivity contribution in [1.82, 2.24) is 20.6 Å². The molecule has 0 spiro atoms. The highest BCUT2D eigenvalue weighted by Gasteiger charge is 2.06.